The lowest BCUT2D eigenvalue weighted by atomic mass is 9.87. The number of benzene rings is 1. The van der Waals surface area contributed by atoms with Gasteiger partial charge in [-0.3, -0.25) is 4.79 Å². The second-order valence-electron chi connectivity index (χ2n) is 7.40. The molecule has 1 N–H and O–H groups in total. The van der Waals surface area contributed by atoms with Gasteiger partial charge < -0.3 is 14.3 Å². The molecule has 0 aliphatic rings. The predicted molar refractivity (Wildman–Crippen MR) is 98.9 cm³/mol. The van der Waals surface area contributed by atoms with Gasteiger partial charge in [-0.25, -0.2) is 4.98 Å². The molecule has 6 heteroatoms. The van der Waals surface area contributed by atoms with Crippen molar-refractivity contribution in [2.45, 2.75) is 46.5 Å². The lowest BCUT2D eigenvalue weighted by Gasteiger charge is -2.18. The van der Waals surface area contributed by atoms with Crippen molar-refractivity contribution >= 4 is 11.7 Å². The van der Waals surface area contributed by atoms with Gasteiger partial charge in [0.25, 0.3) is 0 Å². The summed E-state index contributed by atoms with van der Waals surface area (Å²) >= 11 is 0. The molecule has 2 aromatic heterocycles. The Morgan fingerprint density at radius 3 is 2.42 bits per heavy atom. The van der Waals surface area contributed by atoms with E-state index in [1.807, 2.05) is 19.1 Å². The van der Waals surface area contributed by atoms with E-state index >= 15 is 0 Å². The van der Waals surface area contributed by atoms with E-state index in [2.05, 4.69) is 48.4 Å². The molecule has 136 valence electrons. The summed E-state index contributed by atoms with van der Waals surface area (Å²) in [5, 5.41) is 6.44. The zero-order valence-corrected chi connectivity index (χ0v) is 15.7. The molecule has 0 bridgehead atoms. The van der Waals surface area contributed by atoms with E-state index in [0.717, 1.165) is 5.56 Å². The Bertz CT molecular complexity index is 915. The molecule has 6 nitrogen and oxygen atoms in total. The van der Waals surface area contributed by atoms with Crippen LogP contribution in [0.2, 0.25) is 0 Å². The maximum atomic E-state index is 12.2. The van der Waals surface area contributed by atoms with Gasteiger partial charge in [0.05, 0.1) is 12.1 Å². The highest BCUT2D eigenvalue weighted by molar-refractivity contribution is 5.91. The molecule has 26 heavy (non-hydrogen) atoms. The molecule has 3 aromatic rings. The number of carbonyl (C=O) groups is 1. The molecule has 0 saturated heterocycles. The second kappa shape index (κ2) is 6.78. The van der Waals surface area contributed by atoms with Gasteiger partial charge in [-0.1, -0.05) is 38.1 Å². The first-order valence-electron chi connectivity index (χ1n) is 8.53. The van der Waals surface area contributed by atoms with Gasteiger partial charge in [-0.05, 0) is 37.0 Å². The van der Waals surface area contributed by atoms with Crippen molar-refractivity contribution in [2.24, 2.45) is 0 Å². The molecule has 0 saturated carbocycles. The lowest BCUT2D eigenvalue weighted by Crippen LogP contribution is -2.15. The van der Waals surface area contributed by atoms with Crippen LogP contribution in [0.25, 0.3) is 11.5 Å². The number of hydrogen-bond donors (Lipinski definition) is 1. The van der Waals surface area contributed by atoms with Gasteiger partial charge in [0.15, 0.2) is 5.82 Å². The lowest BCUT2D eigenvalue weighted by molar-refractivity contribution is -0.115. The highest BCUT2D eigenvalue weighted by atomic mass is 16.5. The Hall–Kier alpha value is -2.89. The van der Waals surface area contributed by atoms with Crippen molar-refractivity contribution in [3.05, 3.63) is 53.1 Å². The maximum Gasteiger partial charge on any atom is 0.231 e. The standard InChI is InChI=1S/C20H23N3O3/c1-12-10-17(23-26-12)22-18(24)11-16-13(2)25-19(21-16)14-6-8-15(9-7-14)20(3,4)5/h6-10H,11H2,1-5H3,(H,22,23,24). The number of nitrogens with zero attached hydrogens (tertiary/aromatic N) is 2. The monoisotopic (exact) mass is 353 g/mol. The highest BCUT2D eigenvalue weighted by Crippen LogP contribution is 2.27. The highest BCUT2D eigenvalue weighted by Gasteiger charge is 2.17. The van der Waals surface area contributed by atoms with Crippen LogP contribution in [0.3, 0.4) is 0 Å². The van der Waals surface area contributed by atoms with Crippen LogP contribution in [0, 0.1) is 13.8 Å². The minimum absolute atomic E-state index is 0.0910. The molecule has 0 atom stereocenters. The largest absolute Gasteiger partial charge is 0.441 e. The number of rotatable bonds is 4. The van der Waals surface area contributed by atoms with Crippen molar-refractivity contribution in [2.75, 3.05) is 5.32 Å². The van der Waals surface area contributed by atoms with E-state index < -0.39 is 0 Å². The number of nitrogens with one attached hydrogen (secondary N) is 1. The Morgan fingerprint density at radius 2 is 1.85 bits per heavy atom. The van der Waals surface area contributed by atoms with Crippen LogP contribution in [-0.2, 0) is 16.6 Å². The first-order chi connectivity index (χ1) is 12.2. The number of hydrogen-bond acceptors (Lipinski definition) is 5. The van der Waals surface area contributed by atoms with Gasteiger partial charge in [0.2, 0.25) is 11.8 Å². The van der Waals surface area contributed by atoms with Gasteiger partial charge >= 0.3 is 0 Å². The number of anilines is 1. The fraction of sp³-hybridized carbons (Fsp3) is 0.350. The number of oxazole rings is 1. The molecule has 0 unspecified atom stereocenters. The average Bonchev–Trinajstić information content (AvgIpc) is 3.13. The summed E-state index contributed by atoms with van der Waals surface area (Å²) in [7, 11) is 0. The number of amides is 1. The number of aromatic nitrogens is 2. The van der Waals surface area contributed by atoms with E-state index in [4.69, 9.17) is 8.94 Å². The average molecular weight is 353 g/mol. The van der Waals surface area contributed by atoms with Crippen molar-refractivity contribution in [1.82, 2.24) is 10.1 Å². The first kappa shape index (κ1) is 17.9. The van der Waals surface area contributed by atoms with E-state index in [1.165, 1.54) is 5.56 Å². The molecular weight excluding hydrogens is 330 g/mol. The maximum absolute atomic E-state index is 12.2. The second-order valence-corrected chi connectivity index (χ2v) is 7.40. The van der Waals surface area contributed by atoms with E-state index in [0.29, 0.717) is 28.9 Å². The molecule has 0 spiro atoms. The topological polar surface area (TPSA) is 81.2 Å². The van der Waals surface area contributed by atoms with E-state index in [-0.39, 0.29) is 17.7 Å². The van der Waals surface area contributed by atoms with Crippen molar-refractivity contribution in [3.63, 3.8) is 0 Å². The van der Waals surface area contributed by atoms with Crippen molar-refractivity contribution < 1.29 is 13.7 Å². The van der Waals surface area contributed by atoms with Crippen LogP contribution >= 0.6 is 0 Å². The molecule has 0 radical (unpaired) electrons. The summed E-state index contributed by atoms with van der Waals surface area (Å²) in [5.74, 6) is 1.96. The van der Waals surface area contributed by atoms with E-state index in [9.17, 15) is 4.79 Å². The zero-order valence-electron chi connectivity index (χ0n) is 15.7. The number of aryl methyl sites for hydroxylation is 2. The summed E-state index contributed by atoms with van der Waals surface area (Å²) < 4.78 is 10.7. The quantitative estimate of drug-likeness (QED) is 0.750. The van der Waals surface area contributed by atoms with Crippen molar-refractivity contribution in [1.29, 1.82) is 0 Å². The molecule has 2 heterocycles. The summed E-state index contributed by atoms with van der Waals surface area (Å²) in [4.78, 5) is 16.7. The minimum Gasteiger partial charge on any atom is -0.441 e. The van der Waals surface area contributed by atoms with Crippen LogP contribution in [0.5, 0.6) is 0 Å². The summed E-state index contributed by atoms with van der Waals surface area (Å²) in [6.45, 7) is 10.1. The molecule has 0 fully saturated rings. The Labute approximate surface area is 152 Å². The van der Waals surface area contributed by atoms with Crippen LogP contribution in [0.15, 0.2) is 39.3 Å². The molecular formula is C20H23N3O3. The van der Waals surface area contributed by atoms with Crippen molar-refractivity contribution in [3.8, 4) is 11.5 Å². The van der Waals surface area contributed by atoms with Gasteiger partial charge in [-0.2, -0.15) is 0 Å². The van der Waals surface area contributed by atoms with E-state index in [1.54, 1.807) is 13.0 Å². The fourth-order valence-corrected chi connectivity index (χ4v) is 2.59. The van der Waals surface area contributed by atoms with Gasteiger partial charge in [0, 0.05) is 11.6 Å². The van der Waals surface area contributed by atoms with Gasteiger partial charge in [0.1, 0.15) is 11.5 Å². The van der Waals surface area contributed by atoms with Crippen LogP contribution in [0.1, 0.15) is 43.5 Å². The summed E-state index contributed by atoms with van der Waals surface area (Å²) in [6, 6.07) is 9.81. The SMILES string of the molecule is Cc1cc(NC(=O)Cc2nc(-c3ccc(C(C)(C)C)cc3)oc2C)no1. The van der Waals surface area contributed by atoms with Crippen LogP contribution < -0.4 is 5.32 Å². The molecule has 0 aliphatic carbocycles. The minimum atomic E-state index is -0.218. The molecule has 1 aromatic carbocycles. The molecule has 1 amide bonds. The Balaban J connectivity index is 1.73. The van der Waals surface area contributed by atoms with Crippen LogP contribution in [-0.4, -0.2) is 16.0 Å². The third-order valence-corrected chi connectivity index (χ3v) is 4.11. The Kier molecular flexibility index (Phi) is 4.68. The molecule has 3 rings (SSSR count). The predicted octanol–water partition coefficient (Wildman–Crippen LogP) is 4.43. The summed E-state index contributed by atoms with van der Waals surface area (Å²) in [5.41, 5.74) is 2.83. The Morgan fingerprint density at radius 1 is 1.15 bits per heavy atom. The summed E-state index contributed by atoms with van der Waals surface area (Å²) in [6.07, 6.45) is 0.112. The first-order valence-corrected chi connectivity index (χ1v) is 8.53. The third-order valence-electron chi connectivity index (χ3n) is 4.11. The fourth-order valence-electron chi connectivity index (χ4n) is 2.59. The smallest absolute Gasteiger partial charge is 0.231 e. The third kappa shape index (κ3) is 4.02. The van der Waals surface area contributed by atoms with Gasteiger partial charge in [-0.15, -0.1) is 0 Å². The zero-order chi connectivity index (χ0) is 18.9. The normalized spacial score (nSPS) is 11.6. The number of carbonyl (C=O) groups excluding carboxylic acids is 1. The molecule has 0 aliphatic heterocycles. The van der Waals surface area contributed by atoms with Crippen LogP contribution in [0.4, 0.5) is 5.82 Å².